The van der Waals surface area contributed by atoms with Gasteiger partial charge in [0.1, 0.15) is 6.61 Å². The molecule has 0 spiro atoms. The van der Waals surface area contributed by atoms with Gasteiger partial charge in [-0.05, 0) is 49.6 Å². The van der Waals surface area contributed by atoms with Gasteiger partial charge in [-0.15, -0.1) is 0 Å². The van der Waals surface area contributed by atoms with Gasteiger partial charge in [-0.2, -0.15) is 0 Å². The molecule has 0 aliphatic heterocycles. The Labute approximate surface area is 120 Å². The van der Waals surface area contributed by atoms with Crippen molar-refractivity contribution in [2.75, 3.05) is 13.1 Å². The Balaban J connectivity index is 1.61. The maximum absolute atomic E-state index is 11.6. The Hall–Kier alpha value is -1.55. The first-order chi connectivity index (χ1) is 9.78. The molecule has 0 saturated heterocycles. The third-order valence-corrected chi connectivity index (χ3v) is 4.05. The predicted octanol–water partition coefficient (Wildman–Crippen LogP) is 2.68. The molecule has 0 unspecified atom stereocenters. The van der Waals surface area contributed by atoms with E-state index in [1.165, 1.54) is 12.8 Å². The van der Waals surface area contributed by atoms with Crippen LogP contribution in [0.2, 0.25) is 0 Å². The van der Waals surface area contributed by atoms with Crippen LogP contribution in [0.1, 0.15) is 31.2 Å². The van der Waals surface area contributed by atoms with Crippen LogP contribution in [-0.4, -0.2) is 19.2 Å². The van der Waals surface area contributed by atoms with E-state index in [9.17, 15) is 4.79 Å². The number of carbonyl (C=O) groups is 1. The number of nitrogens with one attached hydrogen (secondary N) is 1. The molecule has 0 aromatic heterocycles. The molecule has 20 heavy (non-hydrogen) atoms. The van der Waals surface area contributed by atoms with Gasteiger partial charge in [0.05, 0.1) is 0 Å². The number of amides is 1. The Morgan fingerprint density at radius 2 is 1.80 bits per heavy atom. The topological polar surface area (TPSA) is 64.3 Å². The third-order valence-electron chi connectivity index (χ3n) is 4.05. The highest BCUT2D eigenvalue weighted by atomic mass is 16.5. The smallest absolute Gasteiger partial charge is 0.407 e. The minimum Gasteiger partial charge on any atom is -0.445 e. The summed E-state index contributed by atoms with van der Waals surface area (Å²) < 4.78 is 5.19. The Bertz CT molecular complexity index is 400. The minimum atomic E-state index is -0.324. The fourth-order valence-corrected chi connectivity index (χ4v) is 2.67. The Morgan fingerprint density at radius 3 is 2.45 bits per heavy atom. The zero-order valence-electron chi connectivity index (χ0n) is 11.9. The summed E-state index contributed by atoms with van der Waals surface area (Å²) in [6.45, 7) is 1.83. The molecule has 1 aliphatic carbocycles. The number of alkyl carbamates (subject to hydrolysis) is 1. The maximum atomic E-state index is 11.6. The van der Waals surface area contributed by atoms with Crippen molar-refractivity contribution < 1.29 is 9.53 Å². The summed E-state index contributed by atoms with van der Waals surface area (Å²) in [5.41, 5.74) is 6.68. The minimum absolute atomic E-state index is 0.324. The summed E-state index contributed by atoms with van der Waals surface area (Å²) in [4.78, 5) is 11.6. The lowest BCUT2D eigenvalue weighted by Crippen LogP contribution is -2.32. The molecule has 1 fully saturated rings. The summed E-state index contributed by atoms with van der Waals surface area (Å²) in [7, 11) is 0. The molecule has 0 atom stereocenters. The molecule has 1 aliphatic rings. The van der Waals surface area contributed by atoms with Crippen LogP contribution in [0.5, 0.6) is 0 Å². The van der Waals surface area contributed by atoms with E-state index < -0.39 is 0 Å². The van der Waals surface area contributed by atoms with Crippen LogP contribution < -0.4 is 11.1 Å². The van der Waals surface area contributed by atoms with E-state index in [0.29, 0.717) is 25.0 Å². The highest BCUT2D eigenvalue weighted by Crippen LogP contribution is 2.27. The quantitative estimate of drug-likeness (QED) is 0.869. The van der Waals surface area contributed by atoms with Crippen LogP contribution in [0, 0.1) is 11.8 Å². The lowest BCUT2D eigenvalue weighted by Gasteiger charge is -2.27. The highest BCUT2D eigenvalue weighted by molar-refractivity contribution is 5.67. The second-order valence-corrected chi connectivity index (χ2v) is 5.57. The van der Waals surface area contributed by atoms with Crippen LogP contribution in [0.25, 0.3) is 0 Å². The average Bonchev–Trinajstić information content (AvgIpc) is 2.52. The van der Waals surface area contributed by atoms with E-state index in [2.05, 4.69) is 5.32 Å². The van der Waals surface area contributed by atoms with Crippen LogP contribution in [-0.2, 0) is 11.3 Å². The van der Waals surface area contributed by atoms with Gasteiger partial charge in [0.15, 0.2) is 0 Å². The zero-order chi connectivity index (χ0) is 14.2. The number of benzene rings is 1. The van der Waals surface area contributed by atoms with E-state index in [4.69, 9.17) is 10.5 Å². The van der Waals surface area contributed by atoms with Crippen molar-refractivity contribution >= 4 is 6.09 Å². The van der Waals surface area contributed by atoms with Crippen LogP contribution in [0.15, 0.2) is 30.3 Å². The Morgan fingerprint density at radius 1 is 1.15 bits per heavy atom. The summed E-state index contributed by atoms with van der Waals surface area (Å²) in [6, 6.07) is 9.71. The molecule has 0 heterocycles. The molecule has 1 aromatic carbocycles. The highest BCUT2D eigenvalue weighted by Gasteiger charge is 2.20. The van der Waals surface area contributed by atoms with Gasteiger partial charge >= 0.3 is 6.09 Å². The summed E-state index contributed by atoms with van der Waals surface area (Å²) in [5.74, 6) is 1.25. The number of ether oxygens (including phenoxy) is 1. The molecule has 1 saturated carbocycles. The van der Waals surface area contributed by atoms with Crippen LogP contribution in [0.3, 0.4) is 0 Å². The number of hydrogen-bond donors (Lipinski definition) is 2. The number of rotatable bonds is 5. The molecular weight excluding hydrogens is 252 g/mol. The molecule has 0 bridgehead atoms. The van der Waals surface area contributed by atoms with Gasteiger partial charge in [0.2, 0.25) is 0 Å². The van der Waals surface area contributed by atoms with Gasteiger partial charge in [-0.25, -0.2) is 4.79 Å². The molecule has 4 nitrogen and oxygen atoms in total. The van der Waals surface area contributed by atoms with Crippen molar-refractivity contribution in [3.63, 3.8) is 0 Å². The zero-order valence-corrected chi connectivity index (χ0v) is 11.9. The summed E-state index contributed by atoms with van der Waals surface area (Å²) in [5, 5.41) is 2.86. The molecular formula is C16H24N2O2. The van der Waals surface area contributed by atoms with Crippen LogP contribution in [0.4, 0.5) is 4.79 Å². The lowest BCUT2D eigenvalue weighted by atomic mass is 9.82. The molecule has 0 radical (unpaired) electrons. The lowest BCUT2D eigenvalue weighted by molar-refractivity contribution is 0.136. The van der Waals surface area contributed by atoms with Crippen molar-refractivity contribution in [3.05, 3.63) is 35.9 Å². The van der Waals surface area contributed by atoms with E-state index in [1.54, 1.807) is 0 Å². The molecule has 2 rings (SSSR count). The molecule has 1 aromatic rings. The van der Waals surface area contributed by atoms with Crippen LogP contribution >= 0.6 is 0 Å². The monoisotopic (exact) mass is 276 g/mol. The normalized spacial score (nSPS) is 22.2. The van der Waals surface area contributed by atoms with E-state index in [0.717, 1.165) is 24.9 Å². The second-order valence-electron chi connectivity index (χ2n) is 5.57. The Kier molecular flexibility index (Phi) is 5.87. The fraction of sp³-hybridized carbons (Fsp3) is 0.562. The second kappa shape index (κ2) is 7.90. The number of hydrogen-bond acceptors (Lipinski definition) is 3. The third kappa shape index (κ3) is 4.85. The van der Waals surface area contributed by atoms with E-state index in [1.807, 2.05) is 30.3 Å². The standard InChI is InChI=1S/C16H24N2O2/c17-10-13-6-8-14(9-7-13)11-18-16(19)20-12-15-4-2-1-3-5-15/h1-5,13-14H,6-12,17H2,(H,18,19)/t13-,14-. The summed E-state index contributed by atoms with van der Waals surface area (Å²) in [6.07, 6.45) is 4.35. The largest absolute Gasteiger partial charge is 0.445 e. The van der Waals surface area contributed by atoms with Gasteiger partial charge in [0.25, 0.3) is 0 Å². The molecule has 110 valence electrons. The van der Waals surface area contributed by atoms with Crippen molar-refractivity contribution in [1.82, 2.24) is 5.32 Å². The SMILES string of the molecule is NC[C@H]1CC[C@H](CNC(=O)OCc2ccccc2)CC1. The number of nitrogens with two attached hydrogens (primary N) is 1. The first-order valence-electron chi connectivity index (χ1n) is 7.42. The van der Waals surface area contributed by atoms with Gasteiger partial charge in [-0.3, -0.25) is 0 Å². The van der Waals surface area contributed by atoms with Crippen molar-refractivity contribution in [3.8, 4) is 0 Å². The van der Waals surface area contributed by atoms with Crippen molar-refractivity contribution in [2.24, 2.45) is 17.6 Å². The maximum Gasteiger partial charge on any atom is 0.407 e. The first-order valence-corrected chi connectivity index (χ1v) is 7.42. The summed E-state index contributed by atoms with van der Waals surface area (Å²) >= 11 is 0. The van der Waals surface area contributed by atoms with Crippen molar-refractivity contribution in [1.29, 1.82) is 0 Å². The van der Waals surface area contributed by atoms with Crippen molar-refractivity contribution in [2.45, 2.75) is 32.3 Å². The molecule has 1 amide bonds. The van der Waals surface area contributed by atoms with Gasteiger partial charge < -0.3 is 15.8 Å². The van der Waals surface area contributed by atoms with E-state index >= 15 is 0 Å². The number of carbonyl (C=O) groups excluding carboxylic acids is 1. The van der Waals surface area contributed by atoms with Gasteiger partial charge in [0, 0.05) is 6.54 Å². The van der Waals surface area contributed by atoms with E-state index in [-0.39, 0.29) is 6.09 Å². The fourth-order valence-electron chi connectivity index (χ4n) is 2.67. The molecule has 4 heteroatoms. The average molecular weight is 276 g/mol. The predicted molar refractivity (Wildman–Crippen MR) is 79.1 cm³/mol. The molecule has 3 N–H and O–H groups in total. The first kappa shape index (κ1) is 14.9. The van der Waals surface area contributed by atoms with Gasteiger partial charge in [-0.1, -0.05) is 30.3 Å².